The van der Waals surface area contributed by atoms with E-state index < -0.39 is 34.7 Å². The van der Waals surface area contributed by atoms with Crippen LogP contribution in [0.4, 0.5) is 4.79 Å². The maximum Gasteiger partial charge on any atom is 0.408 e. The number of rotatable bonds is 5. The van der Waals surface area contributed by atoms with Gasteiger partial charge in [-0.25, -0.2) is 4.79 Å². The van der Waals surface area contributed by atoms with Gasteiger partial charge < -0.3 is 20.3 Å². The number of fused-ring (bicyclic) bond motifs is 1. The zero-order valence-corrected chi connectivity index (χ0v) is 22.8. The molecule has 1 unspecified atom stereocenters. The van der Waals surface area contributed by atoms with E-state index in [2.05, 4.69) is 35.5 Å². The first-order valence-corrected chi connectivity index (χ1v) is 12.4. The van der Waals surface area contributed by atoms with Gasteiger partial charge in [-0.1, -0.05) is 40.7 Å². The van der Waals surface area contributed by atoms with Gasteiger partial charge in [0.05, 0.1) is 6.07 Å². The van der Waals surface area contributed by atoms with Crippen molar-refractivity contribution in [3.05, 3.63) is 30.1 Å². The highest BCUT2D eigenvalue weighted by Crippen LogP contribution is 2.65. The Balaban J connectivity index is 1.89. The quantitative estimate of drug-likeness (QED) is 0.643. The second-order valence-corrected chi connectivity index (χ2v) is 12.8. The Labute approximate surface area is 214 Å². The summed E-state index contributed by atoms with van der Waals surface area (Å²) < 4.78 is 5.40. The molecule has 1 aliphatic carbocycles. The molecule has 0 radical (unpaired) electrons. The second-order valence-electron chi connectivity index (χ2n) is 12.8. The molecule has 2 heterocycles. The Kier molecular flexibility index (Phi) is 6.90. The monoisotopic (exact) mass is 497 g/mol. The molecule has 9 nitrogen and oxygen atoms in total. The number of hydrogen-bond donors (Lipinski definition) is 2. The van der Waals surface area contributed by atoms with Crippen LogP contribution in [0.3, 0.4) is 0 Å². The van der Waals surface area contributed by atoms with Crippen LogP contribution in [0.5, 0.6) is 0 Å². The van der Waals surface area contributed by atoms with Gasteiger partial charge in [-0.05, 0) is 56.4 Å². The highest BCUT2D eigenvalue weighted by atomic mass is 16.6. The molecule has 2 aliphatic rings. The van der Waals surface area contributed by atoms with Gasteiger partial charge in [-0.15, -0.1) is 0 Å². The molecular formula is C27H39N5O4. The Bertz CT molecular complexity index is 1070. The van der Waals surface area contributed by atoms with Crippen molar-refractivity contribution in [2.24, 2.45) is 22.7 Å². The molecule has 5 atom stereocenters. The number of nitriles is 1. The molecule has 196 valence electrons. The van der Waals surface area contributed by atoms with Crippen molar-refractivity contribution in [3.63, 3.8) is 0 Å². The molecule has 1 aromatic rings. The van der Waals surface area contributed by atoms with E-state index in [9.17, 15) is 19.6 Å². The van der Waals surface area contributed by atoms with Crippen molar-refractivity contribution >= 4 is 17.9 Å². The first-order chi connectivity index (χ1) is 16.4. The lowest BCUT2D eigenvalue weighted by molar-refractivity contribution is -0.144. The van der Waals surface area contributed by atoms with Gasteiger partial charge in [-0.2, -0.15) is 5.26 Å². The van der Waals surface area contributed by atoms with Gasteiger partial charge in [-0.3, -0.25) is 14.6 Å². The van der Waals surface area contributed by atoms with Gasteiger partial charge in [0, 0.05) is 24.5 Å². The highest BCUT2D eigenvalue weighted by molar-refractivity contribution is 5.93. The molecule has 36 heavy (non-hydrogen) atoms. The highest BCUT2D eigenvalue weighted by Gasteiger charge is 2.70. The molecule has 1 saturated heterocycles. The number of alkyl carbamates (subject to hydrolysis) is 1. The van der Waals surface area contributed by atoms with E-state index in [1.54, 1.807) is 57.1 Å². The van der Waals surface area contributed by atoms with Gasteiger partial charge >= 0.3 is 6.09 Å². The van der Waals surface area contributed by atoms with E-state index in [1.807, 2.05) is 20.8 Å². The molecule has 3 amide bonds. The summed E-state index contributed by atoms with van der Waals surface area (Å²) in [4.78, 5) is 45.9. The number of carbonyl (C=O) groups is 3. The molecule has 9 heteroatoms. The van der Waals surface area contributed by atoms with Crippen LogP contribution in [-0.4, -0.2) is 52.0 Å². The topological polar surface area (TPSA) is 124 Å². The summed E-state index contributed by atoms with van der Waals surface area (Å²) >= 11 is 0. The van der Waals surface area contributed by atoms with Crippen molar-refractivity contribution in [2.45, 2.75) is 85.5 Å². The Morgan fingerprint density at radius 1 is 1.19 bits per heavy atom. The van der Waals surface area contributed by atoms with Gasteiger partial charge in [0.1, 0.15) is 17.7 Å². The summed E-state index contributed by atoms with van der Waals surface area (Å²) in [7, 11) is 0. The summed E-state index contributed by atoms with van der Waals surface area (Å²) in [6, 6.07) is 3.97. The Morgan fingerprint density at radius 2 is 1.83 bits per heavy atom. The minimum Gasteiger partial charge on any atom is -0.444 e. The number of nitrogens with zero attached hydrogens (tertiary/aromatic N) is 3. The van der Waals surface area contributed by atoms with Crippen LogP contribution in [0.25, 0.3) is 0 Å². The molecule has 1 saturated carbocycles. The molecule has 1 aliphatic heterocycles. The normalized spacial score (nSPS) is 25.0. The summed E-state index contributed by atoms with van der Waals surface area (Å²) in [5, 5.41) is 15.6. The molecule has 0 bridgehead atoms. The number of carbonyl (C=O) groups excluding carboxylic acids is 3. The lowest BCUT2D eigenvalue weighted by Gasteiger charge is -2.38. The smallest absolute Gasteiger partial charge is 0.408 e. The predicted octanol–water partition coefficient (Wildman–Crippen LogP) is 3.36. The maximum atomic E-state index is 13.9. The fourth-order valence-corrected chi connectivity index (χ4v) is 5.20. The summed E-state index contributed by atoms with van der Waals surface area (Å²) in [5.74, 6) is -0.609. The van der Waals surface area contributed by atoms with E-state index in [-0.39, 0.29) is 29.1 Å². The number of nitrogens with one attached hydrogen (secondary N) is 2. The molecular weight excluding hydrogens is 458 g/mol. The van der Waals surface area contributed by atoms with Crippen LogP contribution in [0.15, 0.2) is 24.5 Å². The number of likely N-dealkylation sites (tertiary alicyclic amines) is 1. The minimum absolute atomic E-state index is 0.0413. The van der Waals surface area contributed by atoms with E-state index in [0.29, 0.717) is 12.1 Å². The third-order valence-electron chi connectivity index (χ3n) is 7.37. The molecule has 0 spiro atoms. The van der Waals surface area contributed by atoms with Crippen LogP contribution >= 0.6 is 0 Å². The standard InChI is InChI=1S/C27H39N5O4/c1-24(2,3)20(30-23(35)36-25(4,5)6)22(34)32-14-17-18(26(17,7)8)19(32)21(33)31-27(9,15-28)16-11-10-12-29-13-16/h10-13,17-20H,14H2,1-9H3,(H,30,35)(H,31,33)/t17-,18-,19-,20+,27?/m0/s1. The van der Waals surface area contributed by atoms with Crippen molar-refractivity contribution in [1.29, 1.82) is 5.26 Å². The lowest BCUT2D eigenvalue weighted by atomic mass is 9.85. The van der Waals surface area contributed by atoms with E-state index in [4.69, 9.17) is 4.74 Å². The van der Waals surface area contributed by atoms with Crippen LogP contribution in [0.1, 0.15) is 67.9 Å². The van der Waals surface area contributed by atoms with Crippen LogP contribution in [0, 0.1) is 34.0 Å². The number of amides is 3. The number of aromatic nitrogens is 1. The van der Waals surface area contributed by atoms with E-state index >= 15 is 0 Å². The fourth-order valence-electron chi connectivity index (χ4n) is 5.20. The first kappa shape index (κ1) is 27.4. The van der Waals surface area contributed by atoms with Gasteiger partial charge in [0.2, 0.25) is 11.8 Å². The average Bonchev–Trinajstić information content (AvgIpc) is 3.09. The number of pyridine rings is 1. The second kappa shape index (κ2) is 9.06. The molecule has 1 aromatic heterocycles. The SMILES string of the molecule is CC(C)(C)OC(=O)N[C@H](C(=O)N1C[C@H]2[C@@H]([C@H]1C(=O)NC(C)(C#N)c1cccnc1)C2(C)C)C(C)(C)C. The van der Waals surface area contributed by atoms with E-state index in [0.717, 1.165) is 0 Å². The molecule has 3 rings (SSSR count). The molecule has 2 fully saturated rings. The van der Waals surface area contributed by atoms with Crippen molar-refractivity contribution in [2.75, 3.05) is 6.54 Å². The summed E-state index contributed by atoms with van der Waals surface area (Å²) in [5.41, 5.74) is -2.21. The summed E-state index contributed by atoms with van der Waals surface area (Å²) in [6.45, 7) is 17.1. The number of ether oxygens (including phenoxy) is 1. The minimum atomic E-state index is -1.31. The van der Waals surface area contributed by atoms with Gasteiger partial charge in [0.25, 0.3) is 0 Å². The summed E-state index contributed by atoms with van der Waals surface area (Å²) in [6.07, 6.45) is 2.46. The number of hydrogen-bond acceptors (Lipinski definition) is 6. The lowest BCUT2D eigenvalue weighted by Crippen LogP contribution is -2.60. The third kappa shape index (κ3) is 5.32. The van der Waals surface area contributed by atoms with Crippen molar-refractivity contribution < 1.29 is 19.1 Å². The zero-order chi connectivity index (χ0) is 27.3. The Hall–Kier alpha value is -3.15. The third-order valence-corrected chi connectivity index (χ3v) is 7.37. The van der Waals surface area contributed by atoms with Crippen LogP contribution < -0.4 is 10.6 Å². The average molecular weight is 498 g/mol. The number of piperidine rings is 1. The Morgan fingerprint density at radius 3 is 2.33 bits per heavy atom. The van der Waals surface area contributed by atoms with Gasteiger partial charge in [0.15, 0.2) is 5.54 Å². The van der Waals surface area contributed by atoms with Crippen molar-refractivity contribution in [3.8, 4) is 6.07 Å². The zero-order valence-electron chi connectivity index (χ0n) is 22.8. The predicted molar refractivity (Wildman–Crippen MR) is 134 cm³/mol. The molecule has 0 aromatic carbocycles. The maximum absolute atomic E-state index is 13.9. The fraction of sp³-hybridized carbons (Fsp3) is 0.667. The largest absolute Gasteiger partial charge is 0.444 e. The molecule has 2 N–H and O–H groups in total. The van der Waals surface area contributed by atoms with Crippen molar-refractivity contribution in [1.82, 2.24) is 20.5 Å². The first-order valence-electron chi connectivity index (χ1n) is 12.4. The van der Waals surface area contributed by atoms with Crippen LogP contribution in [-0.2, 0) is 19.9 Å². The van der Waals surface area contributed by atoms with E-state index in [1.165, 1.54) is 0 Å². The van der Waals surface area contributed by atoms with Crippen LogP contribution in [0.2, 0.25) is 0 Å².